The van der Waals surface area contributed by atoms with Crippen molar-refractivity contribution in [3.05, 3.63) is 146 Å². The predicted molar refractivity (Wildman–Crippen MR) is 208 cm³/mol. The van der Waals surface area contributed by atoms with Gasteiger partial charge in [0.05, 0.1) is 0 Å². The molecule has 0 amide bonds. The summed E-state index contributed by atoms with van der Waals surface area (Å²) in [6.07, 6.45) is 5.87. The van der Waals surface area contributed by atoms with Gasteiger partial charge in [0.25, 0.3) is 5.60 Å². The number of nitrogens with zero attached hydrogens (tertiary/aromatic N) is 4. The van der Waals surface area contributed by atoms with Crippen molar-refractivity contribution in [3.63, 3.8) is 0 Å². The van der Waals surface area contributed by atoms with Gasteiger partial charge in [0.1, 0.15) is 36.1 Å². The highest BCUT2D eigenvalue weighted by Gasteiger charge is 2.65. The SMILES string of the molecule is CCCCN(CCCC)c1ccc(C=Cc2ccc(C=CC3=C(C#N)C(=C(C#N)C#N)OC3(c3ccccc3)C(F)(F)F)s2)c(OCc2ccccc2)c1. The van der Waals surface area contributed by atoms with E-state index in [0.29, 0.717) is 11.5 Å². The zero-order chi connectivity index (χ0) is 38.6. The van der Waals surface area contributed by atoms with Crippen molar-refractivity contribution in [2.45, 2.75) is 57.9 Å². The predicted octanol–water partition coefficient (Wildman–Crippen LogP) is 11.5. The van der Waals surface area contributed by atoms with E-state index in [-0.39, 0.29) is 5.56 Å². The first-order valence-corrected chi connectivity index (χ1v) is 18.5. The number of halogens is 3. The lowest BCUT2D eigenvalue weighted by Gasteiger charge is -2.33. The number of thiophene rings is 1. The van der Waals surface area contributed by atoms with Gasteiger partial charge in [-0.3, -0.25) is 0 Å². The lowest BCUT2D eigenvalue weighted by molar-refractivity contribution is -0.249. The van der Waals surface area contributed by atoms with E-state index in [1.54, 1.807) is 30.3 Å². The molecule has 54 heavy (non-hydrogen) atoms. The average Bonchev–Trinajstić information content (AvgIpc) is 3.79. The summed E-state index contributed by atoms with van der Waals surface area (Å²) >= 11 is 1.34. The minimum Gasteiger partial charge on any atom is -0.488 e. The summed E-state index contributed by atoms with van der Waals surface area (Å²) < 4.78 is 57.3. The molecule has 1 unspecified atom stereocenters. The van der Waals surface area contributed by atoms with Crippen LogP contribution in [0.3, 0.4) is 0 Å². The largest absolute Gasteiger partial charge is 0.488 e. The molecule has 3 aromatic carbocycles. The first kappa shape index (κ1) is 39.2. The molecule has 6 nitrogen and oxygen atoms in total. The van der Waals surface area contributed by atoms with Crippen molar-refractivity contribution in [2.75, 3.05) is 18.0 Å². The molecule has 5 rings (SSSR count). The topological polar surface area (TPSA) is 93.1 Å². The van der Waals surface area contributed by atoms with Gasteiger partial charge in [-0.2, -0.15) is 29.0 Å². The van der Waals surface area contributed by atoms with Gasteiger partial charge in [-0.05, 0) is 60.9 Å². The summed E-state index contributed by atoms with van der Waals surface area (Å²) in [5.74, 6) is 0.0372. The number of hydrogen-bond donors (Lipinski definition) is 0. The van der Waals surface area contributed by atoms with Crippen molar-refractivity contribution in [1.82, 2.24) is 0 Å². The number of anilines is 1. The number of rotatable bonds is 15. The smallest absolute Gasteiger partial charge is 0.437 e. The van der Waals surface area contributed by atoms with Crippen LogP contribution in [-0.2, 0) is 16.9 Å². The highest BCUT2D eigenvalue weighted by atomic mass is 32.1. The Hall–Kier alpha value is -6.02. The van der Waals surface area contributed by atoms with Gasteiger partial charge in [-0.1, -0.05) is 93.4 Å². The number of unbranched alkanes of at least 4 members (excludes halogenated alkanes) is 2. The maximum atomic E-state index is 15.1. The Kier molecular flexibility index (Phi) is 13.2. The first-order valence-electron chi connectivity index (χ1n) is 17.7. The minimum atomic E-state index is -5.06. The van der Waals surface area contributed by atoms with E-state index in [1.165, 1.54) is 47.8 Å². The lowest BCUT2D eigenvalue weighted by Crippen LogP contribution is -2.43. The Bertz CT molecular complexity index is 2140. The van der Waals surface area contributed by atoms with Crippen molar-refractivity contribution >= 4 is 35.3 Å². The second kappa shape index (κ2) is 18.1. The van der Waals surface area contributed by atoms with E-state index in [0.717, 1.165) is 66.2 Å². The molecule has 0 saturated heterocycles. The van der Waals surface area contributed by atoms with Crippen LogP contribution in [0.1, 0.15) is 66.0 Å². The quantitative estimate of drug-likeness (QED) is 0.113. The molecule has 0 aliphatic carbocycles. The lowest BCUT2D eigenvalue weighted by atomic mass is 9.84. The molecular weight excluding hydrogens is 706 g/mol. The third kappa shape index (κ3) is 8.77. The average molecular weight is 745 g/mol. The van der Waals surface area contributed by atoms with Crippen LogP contribution in [-0.4, -0.2) is 19.3 Å². The van der Waals surface area contributed by atoms with Gasteiger partial charge in [-0.25, -0.2) is 0 Å². The molecule has 274 valence electrons. The molecule has 1 aliphatic heterocycles. The molecule has 0 radical (unpaired) electrons. The maximum Gasteiger partial charge on any atom is 0.437 e. The molecule has 1 atom stereocenters. The number of ether oxygens (including phenoxy) is 2. The highest BCUT2D eigenvalue weighted by molar-refractivity contribution is 7.13. The van der Waals surface area contributed by atoms with Crippen LogP contribution in [0.25, 0.3) is 18.2 Å². The second-order valence-corrected chi connectivity index (χ2v) is 13.7. The number of hydrogen-bond acceptors (Lipinski definition) is 7. The van der Waals surface area contributed by atoms with Crippen LogP contribution in [0.15, 0.2) is 120 Å². The molecule has 1 aliphatic rings. The fraction of sp³-hybridized carbons (Fsp3) is 0.250. The van der Waals surface area contributed by atoms with E-state index < -0.39 is 34.3 Å². The molecule has 0 spiro atoms. The molecule has 10 heteroatoms. The zero-order valence-electron chi connectivity index (χ0n) is 30.1. The third-order valence-corrected chi connectivity index (χ3v) is 9.94. The molecule has 0 saturated carbocycles. The number of benzene rings is 3. The van der Waals surface area contributed by atoms with Crippen molar-refractivity contribution in [3.8, 4) is 24.0 Å². The van der Waals surface area contributed by atoms with Crippen molar-refractivity contribution < 1.29 is 22.6 Å². The third-order valence-electron chi connectivity index (χ3n) is 8.92. The summed E-state index contributed by atoms with van der Waals surface area (Å²) in [7, 11) is 0. The van der Waals surface area contributed by atoms with Crippen LogP contribution < -0.4 is 9.64 Å². The van der Waals surface area contributed by atoms with E-state index in [4.69, 9.17) is 9.47 Å². The standard InChI is InChI=1S/C44H39F3N4O2S/c1-3-5-25-51(26-6-4-2)36-19-17-33(41(27-36)52-31-32-13-9-7-10-14-32)18-20-37-21-22-38(54-37)23-24-40-39(30-50)42(34(28-48)29-49)53-43(40,44(45,46)47)35-15-11-8-12-16-35/h7-24,27H,3-6,25-26,31H2,1-2H3. The highest BCUT2D eigenvalue weighted by Crippen LogP contribution is 2.56. The number of nitriles is 3. The molecule has 1 aromatic heterocycles. The van der Waals surface area contributed by atoms with Gasteiger partial charge < -0.3 is 14.4 Å². The Morgan fingerprint density at radius 1 is 0.815 bits per heavy atom. The molecular formula is C44H39F3N4O2S. The summed E-state index contributed by atoms with van der Waals surface area (Å²) in [6, 6.07) is 31.6. The van der Waals surface area contributed by atoms with Gasteiger partial charge >= 0.3 is 6.18 Å². The molecule has 2 heterocycles. The normalized spacial score (nSPS) is 15.6. The van der Waals surface area contributed by atoms with Crippen LogP contribution >= 0.6 is 11.3 Å². The summed E-state index contributed by atoms with van der Waals surface area (Å²) in [4.78, 5) is 3.85. The Morgan fingerprint density at radius 2 is 1.43 bits per heavy atom. The summed E-state index contributed by atoms with van der Waals surface area (Å²) in [5.41, 5.74) is -2.16. The van der Waals surface area contributed by atoms with Crippen LogP contribution in [0, 0.1) is 34.0 Å². The van der Waals surface area contributed by atoms with Gasteiger partial charge in [0, 0.05) is 51.3 Å². The molecule has 0 N–H and O–H groups in total. The molecule has 0 bridgehead atoms. The Balaban J connectivity index is 1.49. The zero-order valence-corrected chi connectivity index (χ0v) is 30.9. The fourth-order valence-corrected chi connectivity index (χ4v) is 6.92. The Labute approximate surface area is 318 Å². The van der Waals surface area contributed by atoms with Crippen LogP contribution in [0.4, 0.5) is 18.9 Å². The number of alkyl halides is 3. The monoisotopic (exact) mass is 744 g/mol. The second-order valence-electron chi connectivity index (χ2n) is 12.6. The maximum absolute atomic E-state index is 15.1. The Morgan fingerprint density at radius 3 is 2.00 bits per heavy atom. The summed E-state index contributed by atoms with van der Waals surface area (Å²) in [5, 5.41) is 29.1. The summed E-state index contributed by atoms with van der Waals surface area (Å²) in [6.45, 7) is 6.69. The van der Waals surface area contributed by atoms with E-state index in [9.17, 15) is 15.8 Å². The van der Waals surface area contributed by atoms with E-state index in [1.807, 2.05) is 54.6 Å². The van der Waals surface area contributed by atoms with E-state index in [2.05, 4.69) is 30.9 Å². The fourth-order valence-electron chi connectivity index (χ4n) is 6.10. The first-order chi connectivity index (χ1) is 26.2. The molecule has 4 aromatic rings. The van der Waals surface area contributed by atoms with Gasteiger partial charge in [0.2, 0.25) is 0 Å². The minimum absolute atomic E-state index is 0.292. The van der Waals surface area contributed by atoms with Gasteiger partial charge in [-0.15, -0.1) is 11.3 Å². The molecule has 0 fully saturated rings. The van der Waals surface area contributed by atoms with Gasteiger partial charge in [0.15, 0.2) is 11.3 Å². The number of allylic oxidation sites excluding steroid dienone is 2. The van der Waals surface area contributed by atoms with Crippen LogP contribution in [0.2, 0.25) is 0 Å². The van der Waals surface area contributed by atoms with Crippen molar-refractivity contribution in [2.24, 2.45) is 0 Å². The van der Waals surface area contributed by atoms with Crippen LogP contribution in [0.5, 0.6) is 5.75 Å². The van der Waals surface area contributed by atoms with E-state index >= 15 is 13.2 Å². The van der Waals surface area contributed by atoms with Crippen molar-refractivity contribution in [1.29, 1.82) is 15.8 Å².